The molecule has 0 saturated carbocycles. The lowest BCUT2D eigenvalue weighted by Crippen LogP contribution is -2.34. The molecule has 4 rings (SSSR count). The Morgan fingerprint density at radius 2 is 1.92 bits per heavy atom. The summed E-state index contributed by atoms with van der Waals surface area (Å²) in [5.41, 5.74) is 7.62. The molecule has 196 valence electrons. The molecule has 4 N–H and O–H groups in total. The zero-order chi connectivity index (χ0) is 27.6. The number of nitrogens with two attached hydrogens (primary N) is 1. The molecule has 10 heteroatoms. The molecule has 0 spiro atoms. The molecule has 38 heavy (non-hydrogen) atoms. The van der Waals surface area contributed by atoms with Gasteiger partial charge in [0, 0.05) is 28.5 Å². The number of hydrogen-bond donors (Lipinski definition) is 3. The van der Waals surface area contributed by atoms with Gasteiger partial charge in [-0.1, -0.05) is 18.8 Å². The number of nitrogens with zero attached hydrogens (tertiary/aromatic N) is 1. The van der Waals surface area contributed by atoms with Crippen molar-refractivity contribution in [2.75, 3.05) is 13.7 Å². The smallest absolute Gasteiger partial charge is 0.335 e. The van der Waals surface area contributed by atoms with E-state index in [0.29, 0.717) is 33.9 Å². The highest BCUT2D eigenvalue weighted by Gasteiger charge is 2.41. The summed E-state index contributed by atoms with van der Waals surface area (Å²) in [5.74, 6) is 3.55. The maximum absolute atomic E-state index is 14.2. The van der Waals surface area contributed by atoms with Crippen molar-refractivity contribution in [1.82, 2.24) is 10.3 Å². The molecule has 2 amide bonds. The standard InChI is InChI=1S/C28H26FN3O6/c1-4-18-22(32-26(34)24(18)29)13-38-27-20-11-23(37-3)21(25(30)33)10-19(20)17(12-31-27)8-6-15-5-7-16(28(35)36)9-14(15)2/h5,7,9-12,18,22,24H,4,13H2,1-3H3,(H2,30,33)(H,32,34)(H,35,36)/t18-,22+,24-/m0/s1. The van der Waals surface area contributed by atoms with Crippen molar-refractivity contribution < 1.29 is 33.4 Å². The molecule has 1 aliphatic rings. The number of nitrogens with one attached hydrogen (secondary N) is 1. The van der Waals surface area contributed by atoms with E-state index >= 15 is 0 Å². The molecule has 1 aromatic heterocycles. The monoisotopic (exact) mass is 519 g/mol. The largest absolute Gasteiger partial charge is 0.496 e. The van der Waals surface area contributed by atoms with Gasteiger partial charge in [-0.15, -0.1) is 0 Å². The lowest BCUT2D eigenvalue weighted by molar-refractivity contribution is -0.123. The Kier molecular flexibility index (Phi) is 7.48. The van der Waals surface area contributed by atoms with Crippen LogP contribution in [-0.2, 0) is 4.79 Å². The van der Waals surface area contributed by atoms with Crippen LogP contribution in [0.5, 0.6) is 11.6 Å². The molecule has 9 nitrogen and oxygen atoms in total. The molecule has 0 bridgehead atoms. The third-order valence-corrected chi connectivity index (χ3v) is 6.58. The minimum absolute atomic E-state index is 0.00714. The Morgan fingerprint density at radius 3 is 2.55 bits per heavy atom. The summed E-state index contributed by atoms with van der Waals surface area (Å²) in [6, 6.07) is 7.20. The highest BCUT2D eigenvalue weighted by atomic mass is 19.1. The van der Waals surface area contributed by atoms with Gasteiger partial charge < -0.3 is 25.6 Å². The number of carboxylic acid groups (broad SMARTS) is 1. The number of aryl methyl sites for hydroxylation is 1. The highest BCUT2D eigenvalue weighted by Crippen LogP contribution is 2.33. The number of alkyl halides is 1. The number of carbonyl (C=O) groups is 3. The molecule has 1 fully saturated rings. The number of primary amides is 1. The van der Waals surface area contributed by atoms with Crippen molar-refractivity contribution in [3.63, 3.8) is 0 Å². The first kappa shape index (κ1) is 26.4. The first-order chi connectivity index (χ1) is 18.1. The van der Waals surface area contributed by atoms with Crippen molar-refractivity contribution in [2.45, 2.75) is 32.5 Å². The summed E-state index contributed by atoms with van der Waals surface area (Å²) in [5, 5.41) is 12.8. The van der Waals surface area contributed by atoms with E-state index in [2.05, 4.69) is 22.1 Å². The minimum Gasteiger partial charge on any atom is -0.496 e. The number of ether oxygens (including phenoxy) is 2. The van der Waals surface area contributed by atoms with Gasteiger partial charge >= 0.3 is 5.97 Å². The number of aromatic carboxylic acids is 1. The van der Waals surface area contributed by atoms with Gasteiger partial charge in [-0.2, -0.15) is 0 Å². The third kappa shape index (κ3) is 5.09. The molecule has 2 heterocycles. The number of carbonyl (C=O) groups excluding carboxylic acids is 2. The average Bonchev–Trinajstić information content (AvgIpc) is 3.17. The molecule has 0 aliphatic carbocycles. The Balaban J connectivity index is 1.76. The minimum atomic E-state index is -1.60. The molecular weight excluding hydrogens is 493 g/mol. The predicted octanol–water partition coefficient (Wildman–Crippen LogP) is 2.99. The summed E-state index contributed by atoms with van der Waals surface area (Å²) >= 11 is 0. The average molecular weight is 520 g/mol. The molecule has 3 atom stereocenters. The predicted molar refractivity (Wildman–Crippen MR) is 137 cm³/mol. The number of benzene rings is 2. The number of methoxy groups -OCH3 is 1. The molecule has 1 saturated heterocycles. The molecule has 3 aromatic rings. The highest BCUT2D eigenvalue weighted by molar-refractivity contribution is 6.03. The van der Waals surface area contributed by atoms with Crippen LogP contribution in [0.15, 0.2) is 36.5 Å². The lowest BCUT2D eigenvalue weighted by atomic mass is 9.97. The normalized spacial score (nSPS) is 18.4. The van der Waals surface area contributed by atoms with Gasteiger partial charge in [-0.25, -0.2) is 14.2 Å². The molecule has 1 aliphatic heterocycles. The molecular formula is C28H26FN3O6. The zero-order valence-corrected chi connectivity index (χ0v) is 21.0. The van der Waals surface area contributed by atoms with E-state index in [1.54, 1.807) is 32.0 Å². The fourth-order valence-electron chi connectivity index (χ4n) is 4.48. The number of carboxylic acids is 1. The van der Waals surface area contributed by atoms with Crippen LogP contribution in [0.4, 0.5) is 4.39 Å². The van der Waals surface area contributed by atoms with Crippen LogP contribution in [0, 0.1) is 24.7 Å². The fourth-order valence-corrected chi connectivity index (χ4v) is 4.48. The van der Waals surface area contributed by atoms with Crippen molar-refractivity contribution in [3.05, 3.63) is 64.3 Å². The zero-order valence-electron chi connectivity index (χ0n) is 21.0. The van der Waals surface area contributed by atoms with Crippen molar-refractivity contribution >= 4 is 28.6 Å². The second-order valence-electron chi connectivity index (χ2n) is 8.92. The number of fused-ring (bicyclic) bond motifs is 1. The van der Waals surface area contributed by atoms with E-state index in [9.17, 15) is 23.9 Å². The molecule has 0 unspecified atom stereocenters. The Bertz CT molecular complexity index is 1510. The number of pyridine rings is 1. The number of amides is 2. The van der Waals surface area contributed by atoms with Crippen LogP contribution >= 0.6 is 0 Å². The van der Waals surface area contributed by atoms with Crippen molar-refractivity contribution in [3.8, 4) is 23.5 Å². The Morgan fingerprint density at radius 1 is 1.18 bits per heavy atom. The quantitative estimate of drug-likeness (QED) is 0.408. The topological polar surface area (TPSA) is 141 Å². The van der Waals surface area contributed by atoms with Gasteiger partial charge in [0.05, 0.1) is 29.8 Å². The Labute approximate surface area is 218 Å². The lowest BCUT2D eigenvalue weighted by Gasteiger charge is -2.19. The Hall–Kier alpha value is -4.65. The number of hydrogen-bond acceptors (Lipinski definition) is 6. The summed E-state index contributed by atoms with van der Waals surface area (Å²) < 4.78 is 25.5. The SMILES string of the molecule is CC[C@@H]1[C@H](F)C(=O)N[C@@H]1COc1ncc(C#Cc2ccc(C(=O)O)cc2C)c2cc(C(N)=O)c(OC)cc12. The van der Waals surface area contributed by atoms with Crippen LogP contribution < -0.4 is 20.5 Å². The van der Waals surface area contributed by atoms with Crippen molar-refractivity contribution in [1.29, 1.82) is 0 Å². The van der Waals surface area contributed by atoms with Crippen LogP contribution in [0.3, 0.4) is 0 Å². The molecule has 0 radical (unpaired) electrons. The van der Waals surface area contributed by atoms with E-state index in [-0.39, 0.29) is 29.4 Å². The van der Waals surface area contributed by atoms with Gasteiger partial charge in [0.1, 0.15) is 12.4 Å². The van der Waals surface area contributed by atoms with Gasteiger partial charge in [0.2, 0.25) is 5.88 Å². The van der Waals surface area contributed by atoms with E-state index in [0.717, 1.165) is 0 Å². The van der Waals surface area contributed by atoms with Crippen LogP contribution in [0.1, 0.15) is 50.8 Å². The van der Waals surface area contributed by atoms with Gasteiger partial charge in [-0.3, -0.25) is 9.59 Å². The van der Waals surface area contributed by atoms with Crippen molar-refractivity contribution in [2.24, 2.45) is 11.7 Å². The van der Waals surface area contributed by atoms with Gasteiger partial charge in [-0.05, 0) is 49.2 Å². The first-order valence-electron chi connectivity index (χ1n) is 11.9. The van der Waals surface area contributed by atoms with E-state index in [1.807, 2.05) is 0 Å². The number of rotatable bonds is 7. The van der Waals surface area contributed by atoms with E-state index < -0.39 is 35.9 Å². The summed E-state index contributed by atoms with van der Waals surface area (Å²) in [6.45, 7) is 3.55. The van der Waals surface area contributed by atoms with Gasteiger partial charge in [0.15, 0.2) is 6.17 Å². The summed E-state index contributed by atoms with van der Waals surface area (Å²) in [4.78, 5) is 39.5. The maximum Gasteiger partial charge on any atom is 0.335 e. The summed E-state index contributed by atoms with van der Waals surface area (Å²) in [7, 11) is 1.40. The van der Waals surface area contributed by atoms with Crippen LogP contribution in [0.25, 0.3) is 10.8 Å². The summed E-state index contributed by atoms with van der Waals surface area (Å²) in [6.07, 6.45) is 0.340. The second kappa shape index (κ2) is 10.8. The number of halogens is 1. The van der Waals surface area contributed by atoms with E-state index in [1.165, 1.54) is 25.4 Å². The van der Waals surface area contributed by atoms with Crippen LogP contribution in [-0.4, -0.2) is 53.8 Å². The fraction of sp³-hybridized carbons (Fsp3) is 0.286. The van der Waals surface area contributed by atoms with Gasteiger partial charge in [0.25, 0.3) is 11.8 Å². The van der Waals surface area contributed by atoms with E-state index in [4.69, 9.17) is 15.2 Å². The van der Waals surface area contributed by atoms with Crippen LogP contribution in [0.2, 0.25) is 0 Å². The molecule has 2 aromatic carbocycles. The maximum atomic E-state index is 14.2. The third-order valence-electron chi connectivity index (χ3n) is 6.58. The number of aromatic nitrogens is 1. The first-order valence-corrected chi connectivity index (χ1v) is 11.9. The second-order valence-corrected chi connectivity index (χ2v) is 8.92.